The number of benzene rings is 1. The minimum Gasteiger partial charge on any atom is -0.258 e. The Kier molecular flexibility index (Phi) is 5.54. The van der Waals surface area contributed by atoms with Crippen LogP contribution in [0, 0.1) is 60.7 Å². The number of nitrogens with zero attached hydrogens (tertiary/aromatic N) is 6. The van der Waals surface area contributed by atoms with Crippen molar-refractivity contribution in [2.45, 2.75) is 18.6 Å². The Bertz CT molecular complexity index is 809. The minimum atomic E-state index is -4.01. The Morgan fingerprint density at radius 1 is 0.667 bits per heavy atom. The molecule has 0 aromatic heterocycles. The molecule has 0 saturated carbocycles. The summed E-state index contributed by atoms with van der Waals surface area (Å²) in [6.07, 6.45) is -2.80. The van der Waals surface area contributed by atoms with E-state index in [4.69, 9.17) is 0 Å². The van der Waals surface area contributed by atoms with Crippen LogP contribution in [0.3, 0.4) is 0 Å². The third-order valence-corrected chi connectivity index (χ3v) is 3.38. The molecule has 0 aliphatic heterocycles. The predicted molar refractivity (Wildman–Crippen MR) is 78.4 cm³/mol. The number of hydrogen-bond acceptors (Lipinski definition) is 12. The van der Waals surface area contributed by atoms with Gasteiger partial charge in [0.15, 0.2) is 21.2 Å². The van der Waals surface area contributed by atoms with Crippen LogP contribution in [0.15, 0.2) is 12.1 Å². The van der Waals surface area contributed by atoms with E-state index in [2.05, 4.69) is 0 Å². The van der Waals surface area contributed by atoms with Crippen LogP contribution in [0.4, 0.5) is 17.1 Å². The first-order chi connectivity index (χ1) is 12.4. The summed E-state index contributed by atoms with van der Waals surface area (Å²) in [5, 5.41) is 65.5. The number of non-ortho nitro benzene ring substituents is 1. The van der Waals surface area contributed by atoms with Gasteiger partial charge in [0.1, 0.15) is 5.56 Å². The maximum absolute atomic E-state index is 11.1. The van der Waals surface area contributed by atoms with Crippen LogP contribution in [0.25, 0.3) is 0 Å². The molecule has 0 saturated heterocycles. The van der Waals surface area contributed by atoms with Gasteiger partial charge in [-0.2, -0.15) is 0 Å². The van der Waals surface area contributed by atoms with Gasteiger partial charge in [-0.1, -0.05) is 0 Å². The van der Waals surface area contributed by atoms with E-state index >= 15 is 0 Å². The van der Waals surface area contributed by atoms with Crippen molar-refractivity contribution in [1.82, 2.24) is 0 Å². The first kappa shape index (κ1) is 20.7. The van der Waals surface area contributed by atoms with Crippen molar-refractivity contribution < 1.29 is 29.5 Å². The summed E-state index contributed by atoms with van der Waals surface area (Å²) < 4.78 is 0. The van der Waals surface area contributed by atoms with Crippen LogP contribution in [0.2, 0.25) is 0 Å². The minimum absolute atomic E-state index is 0.300. The van der Waals surface area contributed by atoms with Gasteiger partial charge in [0.25, 0.3) is 17.1 Å². The molecular formula is C9H6N6O12. The van der Waals surface area contributed by atoms with Crippen LogP contribution < -0.4 is 0 Å². The molecule has 18 nitrogen and oxygen atoms in total. The highest BCUT2D eigenvalue weighted by molar-refractivity contribution is 5.60. The second-order valence-corrected chi connectivity index (χ2v) is 4.78. The van der Waals surface area contributed by atoms with Gasteiger partial charge in [0.2, 0.25) is 0 Å². The van der Waals surface area contributed by atoms with E-state index in [1.807, 2.05) is 0 Å². The third kappa shape index (κ3) is 3.67. The topological polar surface area (TPSA) is 259 Å². The molecular weight excluding hydrogens is 384 g/mol. The fraction of sp³-hybridized carbons (Fsp3) is 0.333. The van der Waals surface area contributed by atoms with Crippen molar-refractivity contribution in [3.05, 3.63) is 78.4 Å². The molecule has 0 bridgehead atoms. The monoisotopic (exact) mass is 390 g/mol. The molecule has 0 amide bonds. The van der Waals surface area contributed by atoms with E-state index in [9.17, 15) is 60.7 Å². The normalized spacial score (nSPS) is 10.8. The molecule has 0 heterocycles. The predicted octanol–water partition coefficient (Wildman–Crippen LogP) is 0.828. The summed E-state index contributed by atoms with van der Waals surface area (Å²) in [5.74, 6) is -4.01. The van der Waals surface area contributed by atoms with Crippen LogP contribution in [0.1, 0.15) is 12.0 Å². The van der Waals surface area contributed by atoms with Crippen molar-refractivity contribution in [1.29, 1.82) is 0 Å². The summed E-state index contributed by atoms with van der Waals surface area (Å²) in [7, 11) is 0. The van der Waals surface area contributed by atoms with Gasteiger partial charge < -0.3 is 0 Å². The van der Waals surface area contributed by atoms with Crippen molar-refractivity contribution in [2.24, 2.45) is 0 Å². The summed E-state index contributed by atoms with van der Waals surface area (Å²) in [4.78, 5) is 56.2. The van der Waals surface area contributed by atoms with E-state index < -0.39 is 70.8 Å². The highest BCUT2D eigenvalue weighted by atomic mass is 16.7. The molecule has 18 heteroatoms. The average molecular weight is 390 g/mol. The zero-order chi connectivity index (χ0) is 21.1. The Balaban J connectivity index is 3.62. The molecule has 0 aliphatic carbocycles. The molecule has 1 aromatic rings. The van der Waals surface area contributed by atoms with Crippen LogP contribution >= 0.6 is 0 Å². The molecule has 1 aromatic carbocycles. The molecule has 144 valence electrons. The summed E-state index contributed by atoms with van der Waals surface area (Å²) in [5.41, 5.74) is -4.49. The first-order valence-electron chi connectivity index (χ1n) is 6.39. The number of nitro groups is 6. The van der Waals surface area contributed by atoms with Crippen LogP contribution in [0.5, 0.6) is 0 Å². The van der Waals surface area contributed by atoms with Gasteiger partial charge in [0.05, 0.1) is 26.9 Å². The maximum atomic E-state index is 11.1. The largest absolute Gasteiger partial charge is 0.700 e. The lowest BCUT2D eigenvalue weighted by Gasteiger charge is -2.09. The van der Waals surface area contributed by atoms with Crippen molar-refractivity contribution in [2.75, 3.05) is 0 Å². The number of hydrogen-bond donors (Lipinski definition) is 0. The van der Waals surface area contributed by atoms with Gasteiger partial charge in [-0.3, -0.25) is 60.7 Å². The molecule has 1 rings (SSSR count). The van der Waals surface area contributed by atoms with E-state index in [-0.39, 0.29) is 0 Å². The molecule has 27 heavy (non-hydrogen) atoms. The molecule has 0 aliphatic rings. The standard InChI is InChI=1S/C9H6N6O12/c16-10(17)5-3-7(11(18)19)6(8(4-5)12(20)21)1-2-9(13(22)23,14(24)25)15(26)27/h3-4H,1-2H2. The lowest BCUT2D eigenvalue weighted by atomic mass is 10.0. The maximum Gasteiger partial charge on any atom is 0.700 e. The fourth-order valence-electron chi connectivity index (χ4n) is 2.08. The molecule has 0 radical (unpaired) electrons. The van der Waals surface area contributed by atoms with Gasteiger partial charge in [-0.05, 0) is 0 Å². The third-order valence-electron chi connectivity index (χ3n) is 3.38. The van der Waals surface area contributed by atoms with Crippen LogP contribution in [-0.2, 0) is 6.42 Å². The van der Waals surface area contributed by atoms with Crippen LogP contribution in [-0.4, -0.2) is 35.3 Å². The highest BCUT2D eigenvalue weighted by Crippen LogP contribution is 2.36. The van der Waals surface area contributed by atoms with E-state index in [0.717, 1.165) is 0 Å². The Morgan fingerprint density at radius 3 is 1.30 bits per heavy atom. The second kappa shape index (κ2) is 7.25. The lowest BCUT2D eigenvalue weighted by Crippen LogP contribution is -2.53. The molecule has 0 atom stereocenters. The van der Waals surface area contributed by atoms with Crippen molar-refractivity contribution in [3.63, 3.8) is 0 Å². The molecule has 0 N–H and O–H groups in total. The number of rotatable bonds is 9. The zero-order valence-electron chi connectivity index (χ0n) is 12.7. The fourth-order valence-corrected chi connectivity index (χ4v) is 2.08. The number of nitro benzene ring substituents is 3. The average Bonchev–Trinajstić information content (AvgIpc) is 2.53. The van der Waals surface area contributed by atoms with Gasteiger partial charge >= 0.3 is 5.79 Å². The summed E-state index contributed by atoms with van der Waals surface area (Å²) in [6, 6.07) is 0.600. The Morgan fingerprint density at radius 2 is 1.04 bits per heavy atom. The van der Waals surface area contributed by atoms with E-state index in [1.54, 1.807) is 0 Å². The molecule has 0 spiro atoms. The molecule has 0 fully saturated rings. The second-order valence-electron chi connectivity index (χ2n) is 4.78. The SMILES string of the molecule is O=[N+]([O-])c1cc([N+](=O)[O-])c(CCC([N+](=O)[O-])([N+](=O)[O-])[N+](=O)[O-])c([N+](=O)[O-])c1. The van der Waals surface area contributed by atoms with Gasteiger partial charge in [-0.25, -0.2) is 0 Å². The highest BCUT2D eigenvalue weighted by Gasteiger charge is 2.69. The zero-order valence-corrected chi connectivity index (χ0v) is 12.7. The quantitative estimate of drug-likeness (QED) is 0.322. The van der Waals surface area contributed by atoms with Crippen molar-refractivity contribution >= 4 is 17.1 Å². The molecule has 0 unspecified atom stereocenters. The first-order valence-corrected chi connectivity index (χ1v) is 6.39. The summed E-state index contributed by atoms with van der Waals surface area (Å²) in [6.45, 7) is 0. The van der Waals surface area contributed by atoms with E-state index in [1.165, 1.54) is 0 Å². The van der Waals surface area contributed by atoms with E-state index in [0.29, 0.717) is 12.1 Å². The Hall–Kier alpha value is -4.38. The smallest absolute Gasteiger partial charge is 0.258 e. The van der Waals surface area contributed by atoms with Gasteiger partial charge in [-0.15, -0.1) is 0 Å². The van der Waals surface area contributed by atoms with Gasteiger partial charge in [0, 0.05) is 6.42 Å². The lowest BCUT2D eigenvalue weighted by molar-refractivity contribution is -0.970. The summed E-state index contributed by atoms with van der Waals surface area (Å²) >= 11 is 0. The Labute approximate surface area is 144 Å². The van der Waals surface area contributed by atoms with Crippen molar-refractivity contribution in [3.8, 4) is 0 Å².